The molecule has 2 aromatic carbocycles. The number of nitrogens with one attached hydrogen (secondary N) is 2. The van der Waals surface area contributed by atoms with Crippen LogP contribution in [0.4, 0.5) is 20.2 Å². The van der Waals surface area contributed by atoms with E-state index < -0.39 is 17.5 Å². The molecule has 6 heteroatoms. The first-order valence-electron chi connectivity index (χ1n) is 5.85. The summed E-state index contributed by atoms with van der Waals surface area (Å²) in [4.78, 5) is 12.0. The van der Waals surface area contributed by atoms with Gasteiger partial charge < -0.3 is 10.7 Å². The van der Waals surface area contributed by atoms with Crippen molar-refractivity contribution < 1.29 is 13.6 Å². The van der Waals surface area contributed by atoms with E-state index in [0.29, 0.717) is 16.8 Å². The van der Waals surface area contributed by atoms with Crippen LogP contribution in [-0.2, 0) is 0 Å². The Morgan fingerprint density at radius 3 is 2.55 bits per heavy atom. The van der Waals surface area contributed by atoms with Gasteiger partial charge in [0, 0.05) is 17.3 Å². The number of nitrogen functional groups attached to an aromatic ring is 1. The van der Waals surface area contributed by atoms with Gasteiger partial charge in [0.05, 0.1) is 5.69 Å². The zero-order valence-electron chi connectivity index (χ0n) is 10.7. The van der Waals surface area contributed by atoms with E-state index in [-0.39, 0.29) is 5.69 Å². The Kier molecular flexibility index (Phi) is 3.95. The number of aryl methyl sites for hydroxylation is 1. The highest BCUT2D eigenvalue weighted by atomic mass is 19.1. The van der Waals surface area contributed by atoms with Gasteiger partial charge in [-0.2, -0.15) is 0 Å². The number of carbonyl (C=O) groups excluding carboxylic acids is 1. The lowest BCUT2D eigenvalue weighted by Gasteiger charge is -2.10. The molecule has 2 rings (SSSR count). The Labute approximate surface area is 114 Å². The van der Waals surface area contributed by atoms with E-state index in [1.54, 1.807) is 25.1 Å². The smallest absolute Gasteiger partial charge is 0.256 e. The molecule has 0 unspecified atom stereocenters. The Hall–Kier alpha value is -2.47. The molecule has 0 aliphatic rings. The molecule has 4 N–H and O–H groups in total. The Morgan fingerprint density at radius 1 is 1.15 bits per heavy atom. The monoisotopic (exact) mass is 277 g/mol. The van der Waals surface area contributed by atoms with Crippen LogP contribution in [-0.4, -0.2) is 5.91 Å². The van der Waals surface area contributed by atoms with Crippen molar-refractivity contribution in [1.29, 1.82) is 0 Å². The molecule has 0 saturated heterocycles. The summed E-state index contributed by atoms with van der Waals surface area (Å²) in [7, 11) is 0. The maximum absolute atomic E-state index is 13.5. The summed E-state index contributed by atoms with van der Waals surface area (Å²) >= 11 is 0. The van der Waals surface area contributed by atoms with Gasteiger partial charge >= 0.3 is 0 Å². The van der Waals surface area contributed by atoms with Crippen molar-refractivity contribution in [2.75, 3.05) is 10.7 Å². The average molecular weight is 277 g/mol. The number of rotatable bonds is 3. The third-order valence-corrected chi connectivity index (χ3v) is 2.81. The highest BCUT2D eigenvalue weighted by Gasteiger charge is 2.12. The number of nitrogens with two attached hydrogens (primary N) is 1. The molecule has 0 radical (unpaired) electrons. The number of carbonyl (C=O) groups is 1. The number of benzene rings is 2. The summed E-state index contributed by atoms with van der Waals surface area (Å²) in [6.45, 7) is 1.72. The molecule has 0 aliphatic heterocycles. The zero-order valence-corrected chi connectivity index (χ0v) is 10.7. The van der Waals surface area contributed by atoms with Gasteiger partial charge in [-0.05, 0) is 42.8 Å². The van der Waals surface area contributed by atoms with Crippen molar-refractivity contribution in [1.82, 2.24) is 0 Å². The molecular formula is C14H13F2N3O. The molecule has 0 aromatic heterocycles. The molecule has 2 aromatic rings. The Balaban J connectivity index is 2.26. The van der Waals surface area contributed by atoms with E-state index >= 15 is 0 Å². The second-order valence-electron chi connectivity index (χ2n) is 4.25. The van der Waals surface area contributed by atoms with Gasteiger partial charge in [-0.25, -0.2) is 8.78 Å². The lowest BCUT2D eigenvalue weighted by atomic mass is 10.1. The summed E-state index contributed by atoms with van der Waals surface area (Å²) in [5.74, 6) is 3.42. The minimum absolute atomic E-state index is 0.199. The van der Waals surface area contributed by atoms with Crippen LogP contribution >= 0.6 is 0 Å². The van der Waals surface area contributed by atoms with Crippen molar-refractivity contribution in [2.45, 2.75) is 6.92 Å². The molecule has 0 saturated carbocycles. The third kappa shape index (κ3) is 2.92. The minimum atomic E-state index is -0.697. The molecule has 104 valence electrons. The van der Waals surface area contributed by atoms with Crippen LogP contribution in [0.15, 0.2) is 36.4 Å². The van der Waals surface area contributed by atoms with Gasteiger partial charge in [-0.15, -0.1) is 0 Å². The number of anilines is 2. The van der Waals surface area contributed by atoms with Gasteiger partial charge in [-0.3, -0.25) is 10.6 Å². The van der Waals surface area contributed by atoms with Crippen molar-refractivity contribution in [2.24, 2.45) is 5.84 Å². The van der Waals surface area contributed by atoms with Gasteiger partial charge in [0.1, 0.15) is 11.6 Å². The summed E-state index contributed by atoms with van der Waals surface area (Å²) in [5.41, 5.74) is 3.93. The van der Waals surface area contributed by atoms with E-state index in [0.717, 1.165) is 18.2 Å². The van der Waals surface area contributed by atoms with Crippen LogP contribution in [0.1, 0.15) is 15.9 Å². The summed E-state index contributed by atoms with van der Waals surface area (Å²) < 4.78 is 26.5. The first-order chi connectivity index (χ1) is 9.51. The number of amides is 1. The molecule has 0 atom stereocenters. The Morgan fingerprint density at radius 2 is 1.90 bits per heavy atom. The fraction of sp³-hybridized carbons (Fsp3) is 0.0714. The summed E-state index contributed by atoms with van der Waals surface area (Å²) in [5, 5.41) is 2.34. The van der Waals surface area contributed by atoms with Crippen molar-refractivity contribution in [3.63, 3.8) is 0 Å². The first-order valence-corrected chi connectivity index (χ1v) is 5.85. The fourth-order valence-electron chi connectivity index (χ4n) is 1.79. The topological polar surface area (TPSA) is 67.1 Å². The van der Waals surface area contributed by atoms with Gasteiger partial charge in [0.15, 0.2) is 0 Å². The van der Waals surface area contributed by atoms with Crippen LogP contribution < -0.4 is 16.6 Å². The summed E-state index contributed by atoms with van der Waals surface area (Å²) in [6, 6.07) is 7.72. The van der Waals surface area contributed by atoms with Gasteiger partial charge in [0.2, 0.25) is 0 Å². The molecule has 0 aliphatic carbocycles. The molecule has 4 nitrogen and oxygen atoms in total. The SMILES string of the molecule is Cc1cc(NN)ccc1C(=O)Nc1cc(F)ccc1F. The molecule has 0 fully saturated rings. The Bertz CT molecular complexity index is 659. The zero-order chi connectivity index (χ0) is 14.7. The van der Waals surface area contributed by atoms with Crippen LogP contribution in [0, 0.1) is 18.6 Å². The third-order valence-electron chi connectivity index (χ3n) is 2.81. The molecule has 1 amide bonds. The van der Waals surface area contributed by atoms with Gasteiger partial charge in [-0.1, -0.05) is 0 Å². The number of hydrazine groups is 1. The number of hydrogen-bond acceptors (Lipinski definition) is 3. The standard InChI is InChI=1S/C14H13F2N3O/c1-8-6-10(19-17)3-4-11(8)14(20)18-13-7-9(15)2-5-12(13)16/h2-7,19H,17H2,1H3,(H,18,20). The van der Waals surface area contributed by atoms with E-state index in [2.05, 4.69) is 10.7 Å². The molecule has 0 heterocycles. The lowest BCUT2D eigenvalue weighted by Crippen LogP contribution is -2.15. The highest BCUT2D eigenvalue weighted by Crippen LogP contribution is 2.19. The second-order valence-corrected chi connectivity index (χ2v) is 4.25. The van der Waals surface area contributed by atoms with Crippen LogP contribution in [0.3, 0.4) is 0 Å². The quantitative estimate of drug-likeness (QED) is 0.597. The predicted molar refractivity (Wildman–Crippen MR) is 73.3 cm³/mol. The average Bonchev–Trinajstić information content (AvgIpc) is 2.42. The molecule has 0 spiro atoms. The molecule has 0 bridgehead atoms. The van der Waals surface area contributed by atoms with Crippen LogP contribution in [0.5, 0.6) is 0 Å². The van der Waals surface area contributed by atoms with Crippen molar-refractivity contribution in [3.8, 4) is 0 Å². The number of hydrogen-bond donors (Lipinski definition) is 3. The molecular weight excluding hydrogens is 264 g/mol. The largest absolute Gasteiger partial charge is 0.324 e. The first kappa shape index (κ1) is 14.0. The van der Waals surface area contributed by atoms with E-state index in [1.807, 2.05) is 0 Å². The molecule has 20 heavy (non-hydrogen) atoms. The minimum Gasteiger partial charge on any atom is -0.324 e. The van der Waals surface area contributed by atoms with Crippen molar-refractivity contribution in [3.05, 3.63) is 59.2 Å². The van der Waals surface area contributed by atoms with Crippen LogP contribution in [0.25, 0.3) is 0 Å². The van der Waals surface area contributed by atoms with E-state index in [9.17, 15) is 13.6 Å². The second kappa shape index (κ2) is 5.66. The van der Waals surface area contributed by atoms with E-state index in [1.165, 1.54) is 0 Å². The van der Waals surface area contributed by atoms with Gasteiger partial charge in [0.25, 0.3) is 5.91 Å². The van der Waals surface area contributed by atoms with E-state index in [4.69, 9.17) is 5.84 Å². The maximum atomic E-state index is 13.5. The van der Waals surface area contributed by atoms with Crippen molar-refractivity contribution >= 4 is 17.3 Å². The lowest BCUT2D eigenvalue weighted by molar-refractivity contribution is 0.102. The predicted octanol–water partition coefficient (Wildman–Crippen LogP) is 2.81. The summed E-state index contributed by atoms with van der Waals surface area (Å²) in [6.07, 6.45) is 0. The maximum Gasteiger partial charge on any atom is 0.256 e. The van der Waals surface area contributed by atoms with Crippen LogP contribution in [0.2, 0.25) is 0 Å². The normalized spacial score (nSPS) is 10.2. The fourth-order valence-corrected chi connectivity index (χ4v) is 1.79. The number of halogens is 2. The highest BCUT2D eigenvalue weighted by molar-refractivity contribution is 6.05.